The summed E-state index contributed by atoms with van der Waals surface area (Å²) >= 11 is 0. The van der Waals surface area contributed by atoms with Gasteiger partial charge in [0.2, 0.25) is 0 Å². The summed E-state index contributed by atoms with van der Waals surface area (Å²) in [5.74, 6) is 0. The Morgan fingerprint density at radius 3 is 2.33 bits per heavy atom. The van der Waals surface area contributed by atoms with E-state index in [9.17, 15) is 0 Å². The fourth-order valence-electron chi connectivity index (χ4n) is 2.53. The molecule has 3 heteroatoms. The Kier molecular flexibility index (Phi) is 3.33. The van der Waals surface area contributed by atoms with Crippen molar-refractivity contribution in [3.8, 4) is 0 Å². The first-order chi connectivity index (χ1) is 7.18. The lowest BCUT2D eigenvalue weighted by Crippen LogP contribution is -2.54. The predicted molar refractivity (Wildman–Crippen MR) is 61.8 cm³/mol. The van der Waals surface area contributed by atoms with Crippen molar-refractivity contribution in [2.45, 2.75) is 44.6 Å². The highest BCUT2D eigenvalue weighted by Crippen LogP contribution is 2.39. The Morgan fingerprint density at radius 2 is 1.87 bits per heavy atom. The topological polar surface area (TPSA) is 47.3 Å². The van der Waals surface area contributed by atoms with Crippen molar-refractivity contribution < 1.29 is 4.74 Å². The number of nitrogens with one attached hydrogen (secondary N) is 1. The van der Waals surface area contributed by atoms with E-state index in [2.05, 4.69) is 12.2 Å². The largest absolute Gasteiger partial charge is 0.381 e. The molecule has 2 fully saturated rings. The van der Waals surface area contributed by atoms with Gasteiger partial charge in [-0.2, -0.15) is 0 Å². The number of nitrogens with two attached hydrogens (primary N) is 1. The molecule has 2 aliphatic rings. The molecule has 1 heterocycles. The van der Waals surface area contributed by atoms with E-state index in [1.54, 1.807) is 0 Å². The summed E-state index contributed by atoms with van der Waals surface area (Å²) in [5, 5.41) is 3.73. The maximum atomic E-state index is 5.86. The quantitative estimate of drug-likeness (QED) is 0.738. The zero-order chi connectivity index (χ0) is 10.8. The monoisotopic (exact) mass is 212 g/mol. The minimum atomic E-state index is 0.288. The molecule has 0 atom stereocenters. The lowest BCUT2D eigenvalue weighted by Gasteiger charge is -2.45. The van der Waals surface area contributed by atoms with Gasteiger partial charge in [-0.1, -0.05) is 6.42 Å². The van der Waals surface area contributed by atoms with Gasteiger partial charge in [0, 0.05) is 25.3 Å². The second kappa shape index (κ2) is 4.40. The van der Waals surface area contributed by atoms with E-state index in [1.165, 1.54) is 19.3 Å². The van der Waals surface area contributed by atoms with Crippen LogP contribution in [0, 0.1) is 5.41 Å². The van der Waals surface area contributed by atoms with E-state index in [0.717, 1.165) is 39.1 Å². The van der Waals surface area contributed by atoms with Gasteiger partial charge in [0.25, 0.3) is 0 Å². The Morgan fingerprint density at radius 1 is 1.20 bits per heavy atom. The van der Waals surface area contributed by atoms with Gasteiger partial charge in [0.1, 0.15) is 0 Å². The van der Waals surface area contributed by atoms with Crippen LogP contribution in [0.5, 0.6) is 0 Å². The molecule has 2 rings (SSSR count). The van der Waals surface area contributed by atoms with Gasteiger partial charge in [-0.15, -0.1) is 0 Å². The van der Waals surface area contributed by atoms with Crippen molar-refractivity contribution in [2.24, 2.45) is 11.1 Å². The van der Waals surface area contributed by atoms with Crippen LogP contribution >= 0.6 is 0 Å². The van der Waals surface area contributed by atoms with Gasteiger partial charge < -0.3 is 15.8 Å². The molecule has 1 saturated heterocycles. The summed E-state index contributed by atoms with van der Waals surface area (Å²) in [6.07, 6.45) is 6.24. The highest BCUT2D eigenvalue weighted by Gasteiger charge is 2.37. The first kappa shape index (κ1) is 11.4. The molecular formula is C12H24N2O. The Bertz CT molecular complexity index is 202. The molecule has 1 aliphatic carbocycles. The molecule has 1 aliphatic heterocycles. The molecule has 0 bridgehead atoms. The van der Waals surface area contributed by atoms with Crippen LogP contribution in [0.4, 0.5) is 0 Å². The van der Waals surface area contributed by atoms with Crippen LogP contribution in [0.1, 0.15) is 39.0 Å². The third kappa shape index (κ3) is 2.52. The van der Waals surface area contributed by atoms with E-state index in [1.807, 2.05) is 0 Å². The van der Waals surface area contributed by atoms with Crippen LogP contribution in [0.3, 0.4) is 0 Å². The Hall–Kier alpha value is -0.120. The van der Waals surface area contributed by atoms with Crippen LogP contribution in [0.25, 0.3) is 0 Å². The van der Waals surface area contributed by atoms with E-state index in [-0.39, 0.29) is 5.54 Å². The zero-order valence-electron chi connectivity index (χ0n) is 9.85. The molecule has 15 heavy (non-hydrogen) atoms. The van der Waals surface area contributed by atoms with Crippen LogP contribution in [0.15, 0.2) is 0 Å². The maximum Gasteiger partial charge on any atom is 0.0483 e. The molecule has 0 spiro atoms. The van der Waals surface area contributed by atoms with Gasteiger partial charge in [0.15, 0.2) is 0 Å². The number of rotatable bonds is 4. The van der Waals surface area contributed by atoms with Crippen molar-refractivity contribution in [1.29, 1.82) is 0 Å². The van der Waals surface area contributed by atoms with Gasteiger partial charge in [-0.25, -0.2) is 0 Å². The zero-order valence-corrected chi connectivity index (χ0v) is 9.85. The minimum absolute atomic E-state index is 0.288. The van der Waals surface area contributed by atoms with Gasteiger partial charge in [-0.3, -0.25) is 0 Å². The molecule has 3 nitrogen and oxygen atoms in total. The van der Waals surface area contributed by atoms with E-state index in [0.29, 0.717) is 5.41 Å². The minimum Gasteiger partial charge on any atom is -0.381 e. The number of hydrogen-bond donors (Lipinski definition) is 2. The molecule has 0 radical (unpaired) electrons. The standard InChI is InChI=1S/C12H24N2O/c1-11(5-7-15-8-6-11)14-10-12(9-13)3-2-4-12/h14H,2-10,13H2,1H3. The highest BCUT2D eigenvalue weighted by molar-refractivity contribution is 4.94. The average molecular weight is 212 g/mol. The smallest absolute Gasteiger partial charge is 0.0483 e. The second-order valence-corrected chi connectivity index (χ2v) is 5.58. The predicted octanol–water partition coefficient (Wildman–Crippen LogP) is 1.27. The molecule has 1 saturated carbocycles. The van der Waals surface area contributed by atoms with Crippen molar-refractivity contribution >= 4 is 0 Å². The van der Waals surface area contributed by atoms with Crippen LogP contribution in [-0.2, 0) is 4.74 Å². The van der Waals surface area contributed by atoms with Crippen molar-refractivity contribution in [3.05, 3.63) is 0 Å². The SMILES string of the molecule is CC1(NCC2(CN)CCC2)CCOCC1. The molecule has 0 aromatic heterocycles. The van der Waals surface area contributed by atoms with E-state index in [4.69, 9.17) is 10.5 Å². The molecule has 0 aromatic carbocycles. The fraction of sp³-hybridized carbons (Fsp3) is 1.00. The lowest BCUT2D eigenvalue weighted by atomic mass is 9.68. The van der Waals surface area contributed by atoms with Crippen LogP contribution < -0.4 is 11.1 Å². The van der Waals surface area contributed by atoms with Crippen LogP contribution in [0.2, 0.25) is 0 Å². The maximum absolute atomic E-state index is 5.86. The normalized spacial score (nSPS) is 28.4. The molecule has 0 amide bonds. The molecular weight excluding hydrogens is 188 g/mol. The van der Waals surface area contributed by atoms with Crippen molar-refractivity contribution in [3.63, 3.8) is 0 Å². The summed E-state index contributed by atoms with van der Waals surface area (Å²) in [6.45, 7) is 6.06. The van der Waals surface area contributed by atoms with Gasteiger partial charge in [0.05, 0.1) is 0 Å². The van der Waals surface area contributed by atoms with Crippen LogP contribution in [-0.4, -0.2) is 31.8 Å². The summed E-state index contributed by atoms with van der Waals surface area (Å²) in [7, 11) is 0. The molecule has 0 unspecified atom stereocenters. The van der Waals surface area contributed by atoms with E-state index < -0.39 is 0 Å². The number of hydrogen-bond acceptors (Lipinski definition) is 3. The Labute approximate surface area is 92.7 Å². The Balaban J connectivity index is 1.80. The summed E-state index contributed by atoms with van der Waals surface area (Å²) in [6, 6.07) is 0. The van der Waals surface area contributed by atoms with Crippen molar-refractivity contribution in [1.82, 2.24) is 5.32 Å². The van der Waals surface area contributed by atoms with Crippen molar-refractivity contribution in [2.75, 3.05) is 26.3 Å². The highest BCUT2D eigenvalue weighted by atomic mass is 16.5. The summed E-state index contributed by atoms with van der Waals surface area (Å²) < 4.78 is 5.40. The first-order valence-electron chi connectivity index (χ1n) is 6.21. The third-order valence-electron chi connectivity index (χ3n) is 4.33. The molecule has 88 valence electrons. The second-order valence-electron chi connectivity index (χ2n) is 5.58. The summed E-state index contributed by atoms with van der Waals surface area (Å²) in [5.41, 5.74) is 6.57. The average Bonchev–Trinajstić information content (AvgIpc) is 2.18. The first-order valence-corrected chi connectivity index (χ1v) is 6.21. The van der Waals surface area contributed by atoms with Gasteiger partial charge >= 0.3 is 0 Å². The summed E-state index contributed by atoms with van der Waals surface area (Å²) in [4.78, 5) is 0. The molecule has 3 N–H and O–H groups in total. The van der Waals surface area contributed by atoms with Gasteiger partial charge in [-0.05, 0) is 44.6 Å². The lowest BCUT2D eigenvalue weighted by molar-refractivity contribution is 0.0330. The number of ether oxygens (including phenoxy) is 1. The fourth-order valence-corrected chi connectivity index (χ4v) is 2.53. The van der Waals surface area contributed by atoms with E-state index >= 15 is 0 Å². The molecule has 0 aromatic rings. The third-order valence-corrected chi connectivity index (χ3v) is 4.33.